The number of halogens is 1. The summed E-state index contributed by atoms with van der Waals surface area (Å²) < 4.78 is 1.67. The monoisotopic (exact) mass is 287 g/mol. The predicted molar refractivity (Wildman–Crippen MR) is 79.7 cm³/mol. The predicted octanol–water partition coefficient (Wildman–Crippen LogP) is 3.11. The van der Waals surface area contributed by atoms with E-state index in [0.29, 0.717) is 10.9 Å². The van der Waals surface area contributed by atoms with E-state index >= 15 is 0 Å². The molecular weight excluding hydrogens is 274 g/mol. The van der Waals surface area contributed by atoms with Crippen molar-refractivity contribution in [2.24, 2.45) is 0 Å². The summed E-state index contributed by atoms with van der Waals surface area (Å²) >= 11 is 6.04. The minimum atomic E-state index is 0.400. The number of aromatic nitrogens is 4. The summed E-state index contributed by atoms with van der Waals surface area (Å²) in [6.45, 7) is 2.14. The molecule has 0 atom stereocenters. The van der Waals surface area contributed by atoms with Crippen LogP contribution in [0.15, 0.2) is 36.7 Å². The minimum absolute atomic E-state index is 0.400. The summed E-state index contributed by atoms with van der Waals surface area (Å²) in [7, 11) is 1.97. The molecule has 0 fully saturated rings. The van der Waals surface area contributed by atoms with Crippen LogP contribution in [0.5, 0.6) is 0 Å². The van der Waals surface area contributed by atoms with E-state index in [-0.39, 0.29) is 0 Å². The third kappa shape index (κ3) is 2.20. The molecule has 2 aromatic heterocycles. The highest BCUT2D eigenvalue weighted by molar-refractivity contribution is 6.29. The molecule has 0 unspecified atom stereocenters. The van der Waals surface area contributed by atoms with Crippen molar-refractivity contribution in [3.63, 3.8) is 0 Å². The van der Waals surface area contributed by atoms with Crippen molar-refractivity contribution in [3.8, 4) is 0 Å². The Bertz CT molecular complexity index is 735. The van der Waals surface area contributed by atoms with Crippen molar-refractivity contribution in [2.75, 3.05) is 11.9 Å². The van der Waals surface area contributed by atoms with E-state index in [1.165, 1.54) is 11.9 Å². The summed E-state index contributed by atoms with van der Waals surface area (Å²) in [6.07, 6.45) is 2.49. The molecule has 0 amide bonds. The molecule has 0 radical (unpaired) electrons. The molecule has 2 heterocycles. The Labute approximate surface area is 121 Å². The minimum Gasteiger partial charge on any atom is -0.329 e. The number of nitrogens with zero attached hydrogens (tertiary/aromatic N) is 5. The standard InChI is InChI=1S/C14H14ClN5/c1-3-10-4-6-11(7-5-10)19(2)13-8-12(15)18-14-16-9-17-20(13)14/h4-9H,3H2,1-2H3. The Balaban J connectivity index is 2.06. The average Bonchev–Trinajstić information content (AvgIpc) is 2.94. The SMILES string of the molecule is CCc1ccc(N(C)c2cc(Cl)nc3ncnn23)cc1. The van der Waals surface area contributed by atoms with E-state index in [0.717, 1.165) is 17.9 Å². The molecule has 0 saturated carbocycles. The number of aryl methyl sites for hydroxylation is 1. The maximum atomic E-state index is 6.04. The van der Waals surface area contributed by atoms with Crippen molar-refractivity contribution in [2.45, 2.75) is 13.3 Å². The largest absolute Gasteiger partial charge is 0.329 e. The second-order valence-electron chi connectivity index (χ2n) is 4.49. The van der Waals surface area contributed by atoms with Gasteiger partial charge in [-0.3, -0.25) is 0 Å². The van der Waals surface area contributed by atoms with E-state index < -0.39 is 0 Å². The topological polar surface area (TPSA) is 46.3 Å². The van der Waals surface area contributed by atoms with Crippen LogP contribution < -0.4 is 4.90 Å². The Morgan fingerprint density at radius 1 is 1.25 bits per heavy atom. The number of anilines is 2. The van der Waals surface area contributed by atoms with Gasteiger partial charge in [0.05, 0.1) is 0 Å². The summed E-state index contributed by atoms with van der Waals surface area (Å²) in [5, 5.41) is 4.58. The molecule has 0 N–H and O–H groups in total. The van der Waals surface area contributed by atoms with Gasteiger partial charge in [-0.25, -0.2) is 0 Å². The first-order valence-corrected chi connectivity index (χ1v) is 6.76. The lowest BCUT2D eigenvalue weighted by molar-refractivity contribution is 0.911. The van der Waals surface area contributed by atoms with Gasteiger partial charge >= 0.3 is 0 Å². The summed E-state index contributed by atoms with van der Waals surface area (Å²) in [4.78, 5) is 10.2. The smallest absolute Gasteiger partial charge is 0.255 e. The Morgan fingerprint density at radius 3 is 2.70 bits per heavy atom. The molecular formula is C14H14ClN5. The Kier molecular flexibility index (Phi) is 3.28. The molecule has 0 aliphatic rings. The highest BCUT2D eigenvalue weighted by Gasteiger charge is 2.12. The third-order valence-electron chi connectivity index (χ3n) is 3.28. The first-order chi connectivity index (χ1) is 9.69. The van der Waals surface area contributed by atoms with E-state index in [1.807, 2.05) is 11.9 Å². The van der Waals surface area contributed by atoms with Gasteiger partial charge in [-0.2, -0.15) is 19.6 Å². The van der Waals surface area contributed by atoms with Crippen LogP contribution in [-0.4, -0.2) is 26.6 Å². The second-order valence-corrected chi connectivity index (χ2v) is 4.88. The zero-order valence-corrected chi connectivity index (χ0v) is 12.0. The Hall–Kier alpha value is -2.14. The average molecular weight is 288 g/mol. The van der Waals surface area contributed by atoms with Crippen LogP contribution in [0.3, 0.4) is 0 Å². The van der Waals surface area contributed by atoms with Gasteiger partial charge in [0.2, 0.25) is 0 Å². The number of fused-ring (bicyclic) bond motifs is 1. The second kappa shape index (κ2) is 5.09. The number of hydrogen-bond donors (Lipinski definition) is 0. The molecule has 6 heteroatoms. The van der Waals surface area contributed by atoms with Crippen molar-refractivity contribution >= 4 is 28.9 Å². The van der Waals surface area contributed by atoms with E-state index in [2.05, 4.69) is 46.3 Å². The molecule has 102 valence electrons. The molecule has 0 bridgehead atoms. The van der Waals surface area contributed by atoms with Gasteiger partial charge in [0.15, 0.2) is 0 Å². The van der Waals surface area contributed by atoms with Gasteiger partial charge in [0, 0.05) is 18.8 Å². The lowest BCUT2D eigenvalue weighted by Gasteiger charge is -2.20. The zero-order chi connectivity index (χ0) is 14.1. The summed E-state index contributed by atoms with van der Waals surface area (Å²) in [5.41, 5.74) is 2.36. The highest BCUT2D eigenvalue weighted by atomic mass is 35.5. The number of benzene rings is 1. The fourth-order valence-electron chi connectivity index (χ4n) is 2.10. The normalized spacial score (nSPS) is 10.9. The van der Waals surface area contributed by atoms with Crippen LogP contribution in [0.2, 0.25) is 5.15 Å². The molecule has 0 aliphatic carbocycles. The highest BCUT2D eigenvalue weighted by Crippen LogP contribution is 2.25. The van der Waals surface area contributed by atoms with Crippen molar-refractivity contribution in [3.05, 3.63) is 47.4 Å². The maximum absolute atomic E-state index is 6.04. The van der Waals surface area contributed by atoms with Crippen LogP contribution in [0.1, 0.15) is 12.5 Å². The first-order valence-electron chi connectivity index (χ1n) is 6.38. The van der Waals surface area contributed by atoms with E-state index in [9.17, 15) is 0 Å². The maximum Gasteiger partial charge on any atom is 0.255 e. The molecule has 3 aromatic rings. The van der Waals surface area contributed by atoms with Gasteiger partial charge in [0.25, 0.3) is 5.78 Å². The molecule has 0 aliphatic heterocycles. The van der Waals surface area contributed by atoms with Crippen LogP contribution in [0, 0.1) is 0 Å². The fourth-order valence-corrected chi connectivity index (χ4v) is 2.27. The lowest BCUT2D eigenvalue weighted by atomic mass is 10.1. The van der Waals surface area contributed by atoms with E-state index in [4.69, 9.17) is 11.6 Å². The molecule has 1 aromatic carbocycles. The van der Waals surface area contributed by atoms with Crippen molar-refractivity contribution in [1.29, 1.82) is 0 Å². The first kappa shape index (κ1) is 12.9. The summed E-state index contributed by atoms with van der Waals surface area (Å²) in [5.74, 6) is 1.31. The van der Waals surface area contributed by atoms with Gasteiger partial charge in [-0.15, -0.1) is 0 Å². The molecule has 5 nitrogen and oxygen atoms in total. The fraction of sp³-hybridized carbons (Fsp3) is 0.214. The lowest BCUT2D eigenvalue weighted by Crippen LogP contribution is -2.14. The summed E-state index contributed by atoms with van der Waals surface area (Å²) in [6, 6.07) is 10.2. The number of hydrogen-bond acceptors (Lipinski definition) is 4. The van der Waals surface area contributed by atoms with Crippen molar-refractivity contribution in [1.82, 2.24) is 19.6 Å². The van der Waals surface area contributed by atoms with Crippen LogP contribution in [0.25, 0.3) is 5.78 Å². The van der Waals surface area contributed by atoms with E-state index in [1.54, 1.807) is 10.6 Å². The van der Waals surface area contributed by atoms with Gasteiger partial charge < -0.3 is 4.90 Å². The Morgan fingerprint density at radius 2 is 2.00 bits per heavy atom. The molecule has 20 heavy (non-hydrogen) atoms. The zero-order valence-electron chi connectivity index (χ0n) is 11.3. The van der Waals surface area contributed by atoms with Crippen molar-refractivity contribution < 1.29 is 0 Å². The quantitative estimate of drug-likeness (QED) is 0.695. The number of rotatable bonds is 3. The van der Waals surface area contributed by atoms with Crippen LogP contribution in [0.4, 0.5) is 11.5 Å². The molecule has 0 spiro atoms. The van der Waals surface area contributed by atoms with Crippen LogP contribution >= 0.6 is 11.6 Å². The van der Waals surface area contributed by atoms with Gasteiger partial charge in [-0.05, 0) is 24.1 Å². The van der Waals surface area contributed by atoms with Gasteiger partial charge in [0.1, 0.15) is 17.3 Å². The molecule has 0 saturated heterocycles. The molecule has 3 rings (SSSR count). The third-order valence-corrected chi connectivity index (χ3v) is 3.47. The van der Waals surface area contributed by atoms with Gasteiger partial charge in [-0.1, -0.05) is 30.7 Å². The van der Waals surface area contributed by atoms with Crippen LogP contribution in [-0.2, 0) is 6.42 Å².